The lowest BCUT2D eigenvalue weighted by atomic mass is 10.2. The van der Waals surface area contributed by atoms with Crippen LogP contribution in [0.1, 0.15) is 5.56 Å². The first-order valence-electron chi connectivity index (χ1n) is 4.66. The molecule has 2 aromatic rings. The Kier molecular flexibility index (Phi) is 2.92. The molecule has 1 aromatic carbocycles. The summed E-state index contributed by atoms with van der Waals surface area (Å²) in [7, 11) is 0. The van der Waals surface area contributed by atoms with Gasteiger partial charge in [-0.1, -0.05) is 17.7 Å². The van der Waals surface area contributed by atoms with Gasteiger partial charge in [-0.05, 0) is 24.6 Å². The maximum Gasteiger partial charge on any atom is 0.322 e. The Balaban J connectivity index is 2.23. The third kappa shape index (κ3) is 2.41. The zero-order chi connectivity index (χ0) is 11.5. The molecule has 0 radical (unpaired) electrons. The van der Waals surface area contributed by atoms with E-state index in [2.05, 4.69) is 9.97 Å². The van der Waals surface area contributed by atoms with Crippen molar-refractivity contribution in [1.29, 1.82) is 0 Å². The fourth-order valence-corrected chi connectivity index (χ4v) is 1.44. The van der Waals surface area contributed by atoms with Gasteiger partial charge in [0, 0.05) is 0 Å². The van der Waals surface area contributed by atoms with Crippen molar-refractivity contribution >= 4 is 17.3 Å². The summed E-state index contributed by atoms with van der Waals surface area (Å²) in [5.74, 6) is 0.525. The van der Waals surface area contributed by atoms with Crippen molar-refractivity contribution in [3.8, 4) is 11.8 Å². The molecule has 4 nitrogen and oxygen atoms in total. The zero-order valence-corrected chi connectivity index (χ0v) is 9.40. The lowest BCUT2D eigenvalue weighted by Gasteiger charge is -2.05. The number of aromatic nitrogens is 2. The number of ether oxygens (including phenoxy) is 1. The highest BCUT2D eigenvalue weighted by Gasteiger charge is 2.04. The van der Waals surface area contributed by atoms with Gasteiger partial charge in [0.15, 0.2) is 0 Å². The van der Waals surface area contributed by atoms with Crippen LogP contribution >= 0.6 is 11.6 Å². The highest BCUT2D eigenvalue weighted by molar-refractivity contribution is 6.32. The Morgan fingerprint density at radius 1 is 1.25 bits per heavy atom. The predicted molar refractivity (Wildman–Crippen MR) is 62.7 cm³/mol. The summed E-state index contributed by atoms with van der Waals surface area (Å²) in [6.45, 7) is 1.95. The van der Waals surface area contributed by atoms with E-state index in [4.69, 9.17) is 22.1 Å². The number of benzene rings is 1. The quantitative estimate of drug-likeness (QED) is 0.870. The third-order valence-corrected chi connectivity index (χ3v) is 2.23. The van der Waals surface area contributed by atoms with Gasteiger partial charge in [-0.2, -0.15) is 0 Å². The summed E-state index contributed by atoms with van der Waals surface area (Å²) in [6, 6.07) is 5.71. The van der Waals surface area contributed by atoms with Crippen molar-refractivity contribution in [1.82, 2.24) is 9.97 Å². The predicted octanol–water partition coefficient (Wildman–Crippen LogP) is 2.81. The summed E-state index contributed by atoms with van der Waals surface area (Å²) in [6.07, 6.45) is 2.95. The van der Waals surface area contributed by atoms with E-state index in [1.165, 1.54) is 12.4 Å². The van der Waals surface area contributed by atoms with Crippen LogP contribution in [0.2, 0.25) is 5.02 Å². The van der Waals surface area contributed by atoms with Crippen molar-refractivity contribution in [3.63, 3.8) is 0 Å². The van der Waals surface area contributed by atoms with E-state index in [0.717, 1.165) is 5.56 Å². The molecule has 2 rings (SSSR count). The van der Waals surface area contributed by atoms with Crippen molar-refractivity contribution in [2.75, 3.05) is 5.73 Å². The summed E-state index contributed by atoms with van der Waals surface area (Å²) in [5.41, 5.74) is 7.02. The number of nitrogen functional groups attached to an aromatic ring is 1. The number of hydrogen-bond donors (Lipinski definition) is 1. The number of rotatable bonds is 2. The summed E-state index contributed by atoms with van der Waals surface area (Å²) in [5, 5.41) is 0.528. The average Bonchev–Trinajstić information content (AvgIpc) is 2.25. The second kappa shape index (κ2) is 4.37. The molecule has 1 heterocycles. The molecule has 82 valence electrons. The van der Waals surface area contributed by atoms with Crippen LogP contribution in [0.25, 0.3) is 0 Å². The van der Waals surface area contributed by atoms with E-state index < -0.39 is 0 Å². The molecule has 0 atom stereocenters. The van der Waals surface area contributed by atoms with Crippen molar-refractivity contribution in [2.24, 2.45) is 0 Å². The molecule has 1 aromatic heterocycles. The molecule has 0 aliphatic carbocycles. The third-order valence-electron chi connectivity index (χ3n) is 1.94. The van der Waals surface area contributed by atoms with Gasteiger partial charge in [0.05, 0.1) is 23.1 Å². The minimum Gasteiger partial charge on any atom is -0.423 e. The minimum atomic E-state index is 0.222. The molecular formula is C11H10ClN3O. The highest BCUT2D eigenvalue weighted by Crippen LogP contribution is 2.28. The highest BCUT2D eigenvalue weighted by atomic mass is 35.5. The first-order chi connectivity index (χ1) is 7.65. The van der Waals surface area contributed by atoms with Crippen molar-refractivity contribution < 1.29 is 4.74 Å². The van der Waals surface area contributed by atoms with Gasteiger partial charge in [0.25, 0.3) is 0 Å². The molecule has 0 unspecified atom stereocenters. The molecule has 0 amide bonds. The number of nitrogens with zero attached hydrogens (tertiary/aromatic N) is 2. The van der Waals surface area contributed by atoms with Gasteiger partial charge in [-0.3, -0.25) is 0 Å². The smallest absolute Gasteiger partial charge is 0.322 e. The standard InChI is InChI=1S/C11H10ClN3O/c1-7-2-3-10(9(12)4-7)16-11-14-5-8(13)6-15-11/h2-6H,13H2,1H3. The second-order valence-electron chi connectivity index (χ2n) is 3.33. The Bertz CT molecular complexity index is 499. The Morgan fingerprint density at radius 3 is 2.56 bits per heavy atom. The van der Waals surface area contributed by atoms with Crippen LogP contribution in [-0.4, -0.2) is 9.97 Å². The van der Waals surface area contributed by atoms with Gasteiger partial charge >= 0.3 is 6.01 Å². The minimum absolute atomic E-state index is 0.222. The molecule has 0 aliphatic rings. The first kappa shape index (κ1) is 10.7. The van der Waals surface area contributed by atoms with Crippen molar-refractivity contribution in [3.05, 3.63) is 41.2 Å². The Labute approximate surface area is 98.0 Å². The summed E-state index contributed by atoms with van der Waals surface area (Å²) in [4.78, 5) is 7.84. The van der Waals surface area contributed by atoms with E-state index >= 15 is 0 Å². The molecule has 2 N–H and O–H groups in total. The molecular weight excluding hydrogens is 226 g/mol. The monoisotopic (exact) mass is 235 g/mol. The molecule has 5 heteroatoms. The number of anilines is 1. The van der Waals surface area contributed by atoms with Gasteiger partial charge in [0.2, 0.25) is 0 Å². The number of hydrogen-bond acceptors (Lipinski definition) is 4. The normalized spacial score (nSPS) is 10.1. The zero-order valence-electron chi connectivity index (χ0n) is 8.64. The van der Waals surface area contributed by atoms with E-state index in [-0.39, 0.29) is 6.01 Å². The van der Waals surface area contributed by atoms with E-state index in [1.807, 2.05) is 19.1 Å². The summed E-state index contributed by atoms with van der Waals surface area (Å²) >= 11 is 6.01. The first-order valence-corrected chi connectivity index (χ1v) is 5.04. The van der Waals surface area contributed by atoms with Crippen LogP contribution in [0.15, 0.2) is 30.6 Å². The molecule has 0 bridgehead atoms. The molecule has 0 saturated heterocycles. The van der Waals surface area contributed by atoms with Crippen LogP contribution in [0.3, 0.4) is 0 Å². The SMILES string of the molecule is Cc1ccc(Oc2ncc(N)cn2)c(Cl)c1. The second-order valence-corrected chi connectivity index (χ2v) is 3.74. The number of halogens is 1. The van der Waals surface area contributed by atoms with Gasteiger partial charge in [-0.15, -0.1) is 0 Å². The fraction of sp³-hybridized carbons (Fsp3) is 0.0909. The molecule has 0 aliphatic heterocycles. The van der Waals surface area contributed by atoms with E-state index in [0.29, 0.717) is 16.5 Å². The average molecular weight is 236 g/mol. The van der Waals surface area contributed by atoms with Gasteiger partial charge < -0.3 is 10.5 Å². The van der Waals surface area contributed by atoms with E-state index in [9.17, 15) is 0 Å². The van der Waals surface area contributed by atoms with Crippen LogP contribution < -0.4 is 10.5 Å². The lowest BCUT2D eigenvalue weighted by molar-refractivity contribution is 0.442. The lowest BCUT2D eigenvalue weighted by Crippen LogP contribution is -1.94. The van der Waals surface area contributed by atoms with Crippen LogP contribution in [0, 0.1) is 6.92 Å². The van der Waals surface area contributed by atoms with Gasteiger partial charge in [0.1, 0.15) is 5.75 Å². The fourth-order valence-electron chi connectivity index (χ4n) is 1.17. The molecule has 0 spiro atoms. The number of aryl methyl sites for hydroxylation is 1. The van der Waals surface area contributed by atoms with Crippen molar-refractivity contribution in [2.45, 2.75) is 6.92 Å². The summed E-state index contributed by atoms with van der Waals surface area (Å²) < 4.78 is 5.41. The Hall–Kier alpha value is -1.81. The maximum absolute atomic E-state index is 6.01. The topological polar surface area (TPSA) is 61.0 Å². The van der Waals surface area contributed by atoms with Crippen LogP contribution in [0.5, 0.6) is 11.8 Å². The maximum atomic E-state index is 6.01. The van der Waals surface area contributed by atoms with Gasteiger partial charge in [-0.25, -0.2) is 9.97 Å². The molecule has 16 heavy (non-hydrogen) atoms. The Morgan fingerprint density at radius 2 is 1.94 bits per heavy atom. The van der Waals surface area contributed by atoms with Crippen LogP contribution in [0.4, 0.5) is 5.69 Å². The molecule has 0 fully saturated rings. The molecule has 0 saturated carbocycles. The van der Waals surface area contributed by atoms with Crippen LogP contribution in [-0.2, 0) is 0 Å². The largest absolute Gasteiger partial charge is 0.423 e. The van der Waals surface area contributed by atoms with E-state index in [1.54, 1.807) is 6.07 Å². The number of nitrogens with two attached hydrogens (primary N) is 1.